The van der Waals surface area contributed by atoms with E-state index >= 15 is 0 Å². The molecule has 3 rings (SSSR count). The van der Waals surface area contributed by atoms with Crippen molar-refractivity contribution < 1.29 is 19.1 Å². The van der Waals surface area contributed by atoms with E-state index in [1.807, 2.05) is 0 Å². The van der Waals surface area contributed by atoms with Crippen molar-refractivity contribution in [1.82, 2.24) is 10.2 Å². The summed E-state index contributed by atoms with van der Waals surface area (Å²) in [5.41, 5.74) is -0.378. The van der Waals surface area contributed by atoms with Gasteiger partial charge in [0.2, 0.25) is 0 Å². The number of urea groups is 1. The first-order chi connectivity index (χ1) is 12.9. The molecule has 1 fully saturated rings. The Bertz CT molecular complexity index is 840. The van der Waals surface area contributed by atoms with Gasteiger partial charge in [0.25, 0.3) is 5.91 Å². The topological polar surface area (TPSA) is 67.9 Å². The third kappa shape index (κ3) is 4.01. The Hall–Kier alpha value is -2.73. The minimum absolute atomic E-state index is 0.275. The highest BCUT2D eigenvalue weighted by molar-refractivity contribution is 6.30. The molecule has 0 aliphatic carbocycles. The molecule has 1 N–H and O–H groups in total. The number of ether oxygens (including phenoxy) is 2. The molecule has 3 amide bonds. The second kappa shape index (κ2) is 7.88. The minimum atomic E-state index is -1.09. The van der Waals surface area contributed by atoms with Crippen LogP contribution in [0.4, 0.5) is 4.79 Å². The fourth-order valence-electron chi connectivity index (χ4n) is 2.99. The van der Waals surface area contributed by atoms with Gasteiger partial charge in [-0.1, -0.05) is 29.8 Å². The van der Waals surface area contributed by atoms with Crippen LogP contribution in [0.2, 0.25) is 5.02 Å². The average Bonchev–Trinajstić information content (AvgIpc) is 2.89. The van der Waals surface area contributed by atoms with E-state index in [-0.39, 0.29) is 12.5 Å². The molecular formula is C20H21ClN2O4. The molecule has 1 saturated heterocycles. The summed E-state index contributed by atoms with van der Waals surface area (Å²) in [6, 6.07) is 13.8. The molecule has 2 aromatic carbocycles. The van der Waals surface area contributed by atoms with Crippen LogP contribution >= 0.6 is 11.6 Å². The molecule has 0 spiro atoms. The highest BCUT2D eigenvalue weighted by Gasteiger charge is 2.48. The number of amides is 3. The van der Waals surface area contributed by atoms with Crippen LogP contribution in [-0.2, 0) is 10.3 Å². The molecule has 1 aliphatic rings. The zero-order chi connectivity index (χ0) is 19.4. The summed E-state index contributed by atoms with van der Waals surface area (Å²) >= 11 is 5.91. The second-order valence-electron chi connectivity index (χ2n) is 6.40. The van der Waals surface area contributed by atoms with Gasteiger partial charge in [-0.15, -0.1) is 0 Å². The smallest absolute Gasteiger partial charge is 0.325 e. The normalized spacial score (nSPS) is 19.1. The summed E-state index contributed by atoms with van der Waals surface area (Å²) in [7, 11) is 1.58. The first kappa shape index (κ1) is 19.0. The largest absolute Gasteiger partial charge is 0.497 e. The van der Waals surface area contributed by atoms with E-state index in [0.717, 1.165) is 0 Å². The van der Waals surface area contributed by atoms with E-state index < -0.39 is 11.6 Å². The van der Waals surface area contributed by atoms with E-state index in [0.29, 0.717) is 35.1 Å². The van der Waals surface area contributed by atoms with Crippen molar-refractivity contribution in [1.29, 1.82) is 0 Å². The summed E-state index contributed by atoms with van der Waals surface area (Å²) < 4.78 is 10.7. The lowest BCUT2D eigenvalue weighted by Crippen LogP contribution is -2.41. The predicted molar refractivity (Wildman–Crippen MR) is 102 cm³/mol. The van der Waals surface area contributed by atoms with Crippen molar-refractivity contribution in [3.05, 3.63) is 59.1 Å². The summed E-state index contributed by atoms with van der Waals surface area (Å²) in [4.78, 5) is 26.4. The van der Waals surface area contributed by atoms with Gasteiger partial charge in [-0.25, -0.2) is 4.79 Å². The summed E-state index contributed by atoms with van der Waals surface area (Å²) in [6.07, 6.45) is 0.518. The average molecular weight is 389 g/mol. The first-order valence-corrected chi connectivity index (χ1v) is 8.99. The zero-order valence-electron chi connectivity index (χ0n) is 15.2. The molecule has 1 aliphatic heterocycles. The molecule has 0 aromatic heterocycles. The Kier molecular flexibility index (Phi) is 5.56. The van der Waals surface area contributed by atoms with Gasteiger partial charge >= 0.3 is 6.03 Å². The van der Waals surface area contributed by atoms with Crippen LogP contribution in [0, 0.1) is 0 Å². The van der Waals surface area contributed by atoms with Gasteiger partial charge in [0, 0.05) is 11.6 Å². The van der Waals surface area contributed by atoms with E-state index in [1.165, 1.54) is 4.90 Å². The third-order valence-corrected chi connectivity index (χ3v) is 4.77. The number of hydrogen-bond acceptors (Lipinski definition) is 4. The van der Waals surface area contributed by atoms with Crippen LogP contribution in [0.15, 0.2) is 48.5 Å². The lowest BCUT2D eigenvalue weighted by atomic mass is 9.92. The van der Waals surface area contributed by atoms with Crippen LogP contribution in [0.3, 0.4) is 0 Å². The Labute approximate surface area is 163 Å². The van der Waals surface area contributed by atoms with Gasteiger partial charge in [0.15, 0.2) is 0 Å². The summed E-state index contributed by atoms with van der Waals surface area (Å²) in [6.45, 7) is 2.35. The standard InChI is InChI=1S/C20H21ClN2O4/c1-20(14-7-9-16(26-2)10-8-14)18(24)23(19(25)22-20)11-4-12-27-17-6-3-5-15(21)13-17/h3,5-10,13H,4,11-12H2,1-2H3,(H,22,25). The molecule has 1 atom stereocenters. The molecule has 142 valence electrons. The van der Waals surface area contributed by atoms with Crippen LogP contribution in [0.1, 0.15) is 18.9 Å². The van der Waals surface area contributed by atoms with Gasteiger partial charge in [-0.2, -0.15) is 0 Å². The molecular weight excluding hydrogens is 368 g/mol. The zero-order valence-corrected chi connectivity index (χ0v) is 16.0. The maximum atomic E-state index is 12.9. The van der Waals surface area contributed by atoms with Crippen LogP contribution in [-0.4, -0.2) is 37.1 Å². The van der Waals surface area contributed by atoms with Crippen molar-refractivity contribution >= 4 is 23.5 Å². The van der Waals surface area contributed by atoms with Crippen molar-refractivity contribution in [2.75, 3.05) is 20.3 Å². The van der Waals surface area contributed by atoms with E-state index in [2.05, 4.69) is 5.32 Å². The first-order valence-electron chi connectivity index (χ1n) is 8.61. The van der Waals surface area contributed by atoms with Crippen molar-refractivity contribution in [3.8, 4) is 11.5 Å². The lowest BCUT2D eigenvalue weighted by molar-refractivity contribution is -0.131. The maximum Gasteiger partial charge on any atom is 0.325 e. The monoisotopic (exact) mass is 388 g/mol. The second-order valence-corrected chi connectivity index (χ2v) is 6.84. The Morgan fingerprint density at radius 2 is 1.85 bits per heavy atom. The number of carbonyl (C=O) groups excluding carboxylic acids is 2. The number of methoxy groups -OCH3 is 1. The number of carbonyl (C=O) groups is 2. The Morgan fingerprint density at radius 1 is 1.11 bits per heavy atom. The van der Waals surface area contributed by atoms with Gasteiger partial charge in [0.05, 0.1) is 13.7 Å². The van der Waals surface area contributed by atoms with E-state index in [1.54, 1.807) is 62.6 Å². The molecule has 0 bridgehead atoms. The fraction of sp³-hybridized carbons (Fsp3) is 0.300. The Morgan fingerprint density at radius 3 is 2.52 bits per heavy atom. The summed E-state index contributed by atoms with van der Waals surface area (Å²) in [5, 5.41) is 3.38. The molecule has 2 aromatic rings. The molecule has 7 heteroatoms. The van der Waals surface area contributed by atoms with Crippen molar-refractivity contribution in [2.45, 2.75) is 18.9 Å². The molecule has 1 heterocycles. The van der Waals surface area contributed by atoms with Crippen LogP contribution in [0.25, 0.3) is 0 Å². The highest BCUT2D eigenvalue weighted by atomic mass is 35.5. The van der Waals surface area contributed by atoms with E-state index in [4.69, 9.17) is 21.1 Å². The summed E-state index contributed by atoms with van der Waals surface area (Å²) in [5.74, 6) is 1.07. The van der Waals surface area contributed by atoms with Crippen LogP contribution in [0.5, 0.6) is 11.5 Å². The number of benzene rings is 2. The minimum Gasteiger partial charge on any atom is -0.497 e. The maximum absolute atomic E-state index is 12.9. The highest BCUT2D eigenvalue weighted by Crippen LogP contribution is 2.30. The molecule has 0 saturated carbocycles. The van der Waals surface area contributed by atoms with Crippen LogP contribution < -0.4 is 14.8 Å². The molecule has 6 nitrogen and oxygen atoms in total. The van der Waals surface area contributed by atoms with Gasteiger partial charge in [-0.3, -0.25) is 9.69 Å². The van der Waals surface area contributed by atoms with Crippen molar-refractivity contribution in [3.63, 3.8) is 0 Å². The number of nitrogens with zero attached hydrogens (tertiary/aromatic N) is 1. The van der Waals surface area contributed by atoms with Gasteiger partial charge < -0.3 is 14.8 Å². The number of hydrogen-bond donors (Lipinski definition) is 1. The number of halogens is 1. The molecule has 1 unspecified atom stereocenters. The molecule has 0 radical (unpaired) electrons. The van der Waals surface area contributed by atoms with Gasteiger partial charge in [0.1, 0.15) is 17.0 Å². The van der Waals surface area contributed by atoms with E-state index in [9.17, 15) is 9.59 Å². The quantitative estimate of drug-likeness (QED) is 0.581. The van der Waals surface area contributed by atoms with Crippen molar-refractivity contribution in [2.24, 2.45) is 0 Å². The Balaban J connectivity index is 1.60. The number of imide groups is 1. The van der Waals surface area contributed by atoms with Gasteiger partial charge in [-0.05, 0) is 49.2 Å². The molecule has 27 heavy (non-hydrogen) atoms. The lowest BCUT2D eigenvalue weighted by Gasteiger charge is -2.22. The fourth-order valence-corrected chi connectivity index (χ4v) is 3.17. The predicted octanol–water partition coefficient (Wildman–Crippen LogP) is 3.58. The third-order valence-electron chi connectivity index (χ3n) is 4.53. The number of rotatable bonds is 7. The SMILES string of the molecule is COc1ccc(C2(C)NC(=O)N(CCCOc3cccc(Cl)c3)C2=O)cc1. The number of nitrogens with one attached hydrogen (secondary N) is 1.